The van der Waals surface area contributed by atoms with Crippen molar-refractivity contribution in [2.24, 2.45) is 11.7 Å². The number of piperazine rings is 1. The average Bonchev–Trinajstić information content (AvgIpc) is 3.06. The zero-order valence-electron chi connectivity index (χ0n) is 14.0. The first-order valence-corrected chi connectivity index (χ1v) is 9.98. The van der Waals surface area contributed by atoms with E-state index in [9.17, 15) is 13.2 Å². The summed E-state index contributed by atoms with van der Waals surface area (Å²) < 4.78 is 30.9. The summed E-state index contributed by atoms with van der Waals surface area (Å²) >= 11 is 0. The first-order chi connectivity index (χ1) is 11.5. The highest BCUT2D eigenvalue weighted by Gasteiger charge is 2.33. The van der Waals surface area contributed by atoms with Crippen molar-refractivity contribution >= 4 is 28.3 Å². The van der Waals surface area contributed by atoms with E-state index in [0.29, 0.717) is 31.9 Å². The van der Waals surface area contributed by atoms with E-state index in [2.05, 4.69) is 9.68 Å². The second kappa shape index (κ2) is 8.48. The standard InChI is InChI=1S/C15H24N4O4S.ClH/c16-13-3-1-2-12(10-13)15(20)18-5-7-19(8-6-18)24(21,22)11-14-4-9-23-17-14;/h4,9,12-13H,1-3,5-8,10-11,16H2;1H. The van der Waals surface area contributed by atoms with Gasteiger partial charge >= 0.3 is 0 Å². The van der Waals surface area contributed by atoms with Crippen LogP contribution in [0.1, 0.15) is 31.4 Å². The smallest absolute Gasteiger partial charge is 0.225 e. The molecule has 2 atom stereocenters. The SMILES string of the molecule is Cl.NC1CCCC(C(=O)N2CCN(S(=O)(=O)Cc3ccon3)CC2)C1. The van der Waals surface area contributed by atoms with Gasteiger partial charge in [-0.1, -0.05) is 11.6 Å². The predicted molar refractivity (Wildman–Crippen MR) is 94.5 cm³/mol. The largest absolute Gasteiger partial charge is 0.364 e. The first-order valence-electron chi connectivity index (χ1n) is 8.37. The second-order valence-corrected chi connectivity index (χ2v) is 8.56. The van der Waals surface area contributed by atoms with Crippen LogP contribution in [0.2, 0.25) is 0 Å². The number of sulfonamides is 1. The van der Waals surface area contributed by atoms with Crippen LogP contribution < -0.4 is 5.73 Å². The van der Waals surface area contributed by atoms with Crippen LogP contribution in [0, 0.1) is 5.92 Å². The molecule has 1 aliphatic heterocycles. The number of carbonyl (C=O) groups excluding carboxylic acids is 1. The van der Waals surface area contributed by atoms with Gasteiger partial charge in [-0.05, 0) is 19.3 Å². The summed E-state index contributed by atoms with van der Waals surface area (Å²) in [7, 11) is -3.44. The van der Waals surface area contributed by atoms with Crippen molar-refractivity contribution < 1.29 is 17.7 Å². The Kier molecular flexibility index (Phi) is 6.84. The zero-order valence-corrected chi connectivity index (χ0v) is 15.7. The van der Waals surface area contributed by atoms with E-state index in [-0.39, 0.29) is 36.0 Å². The molecule has 1 saturated carbocycles. The van der Waals surface area contributed by atoms with Gasteiger partial charge in [0, 0.05) is 44.2 Å². The lowest BCUT2D eigenvalue weighted by Gasteiger charge is -2.37. The number of hydrogen-bond donors (Lipinski definition) is 1. The average molecular weight is 393 g/mol. The molecule has 0 bridgehead atoms. The molecule has 0 aromatic carbocycles. The second-order valence-electron chi connectivity index (χ2n) is 6.59. The molecular formula is C15H25ClN4O4S. The highest BCUT2D eigenvalue weighted by molar-refractivity contribution is 7.88. The van der Waals surface area contributed by atoms with Crippen LogP contribution in [0.25, 0.3) is 0 Å². The molecule has 3 rings (SSSR count). The van der Waals surface area contributed by atoms with E-state index in [0.717, 1.165) is 25.7 Å². The summed E-state index contributed by atoms with van der Waals surface area (Å²) in [5, 5.41) is 3.65. The maximum Gasteiger partial charge on any atom is 0.225 e. The van der Waals surface area contributed by atoms with Gasteiger partial charge in [0.2, 0.25) is 15.9 Å². The third kappa shape index (κ3) is 4.93. The molecule has 142 valence electrons. The molecule has 0 spiro atoms. The number of amides is 1. The Hall–Kier alpha value is -1.16. The van der Waals surface area contributed by atoms with E-state index in [1.54, 1.807) is 11.0 Å². The molecular weight excluding hydrogens is 368 g/mol. The first kappa shape index (κ1) is 20.2. The Morgan fingerprint density at radius 2 is 2.00 bits per heavy atom. The van der Waals surface area contributed by atoms with Crippen molar-refractivity contribution in [3.8, 4) is 0 Å². The van der Waals surface area contributed by atoms with E-state index in [1.807, 2.05) is 0 Å². The quantitative estimate of drug-likeness (QED) is 0.802. The van der Waals surface area contributed by atoms with Crippen molar-refractivity contribution in [3.05, 3.63) is 18.0 Å². The highest BCUT2D eigenvalue weighted by atomic mass is 35.5. The summed E-state index contributed by atoms with van der Waals surface area (Å²) in [4.78, 5) is 14.4. The van der Waals surface area contributed by atoms with Gasteiger partial charge in [-0.15, -0.1) is 12.4 Å². The number of nitrogens with zero attached hydrogens (tertiary/aromatic N) is 3. The van der Waals surface area contributed by atoms with Gasteiger partial charge in [0.25, 0.3) is 0 Å². The van der Waals surface area contributed by atoms with Gasteiger partial charge in [0.1, 0.15) is 12.0 Å². The number of hydrogen-bond acceptors (Lipinski definition) is 6. The Labute approximate surface area is 154 Å². The van der Waals surface area contributed by atoms with E-state index in [1.165, 1.54) is 10.6 Å². The summed E-state index contributed by atoms with van der Waals surface area (Å²) in [6, 6.07) is 1.65. The predicted octanol–water partition coefficient (Wildman–Crippen LogP) is 0.588. The van der Waals surface area contributed by atoms with Crippen LogP contribution in [0.3, 0.4) is 0 Å². The minimum absolute atomic E-state index is 0. The summed E-state index contributed by atoms with van der Waals surface area (Å²) in [6.07, 6.45) is 4.96. The fourth-order valence-electron chi connectivity index (χ4n) is 3.49. The third-order valence-electron chi connectivity index (χ3n) is 4.83. The maximum atomic E-state index is 12.6. The van der Waals surface area contributed by atoms with Crippen LogP contribution in [0.5, 0.6) is 0 Å². The minimum atomic E-state index is -3.44. The van der Waals surface area contributed by atoms with Crippen LogP contribution >= 0.6 is 12.4 Å². The normalized spacial score (nSPS) is 25.4. The van der Waals surface area contributed by atoms with Gasteiger partial charge in [-0.3, -0.25) is 4.79 Å². The number of rotatable bonds is 4. The lowest BCUT2D eigenvalue weighted by atomic mass is 9.85. The van der Waals surface area contributed by atoms with Gasteiger partial charge in [0.15, 0.2) is 0 Å². The van der Waals surface area contributed by atoms with Gasteiger partial charge in [0.05, 0.1) is 5.69 Å². The lowest BCUT2D eigenvalue weighted by Crippen LogP contribution is -2.52. The van der Waals surface area contributed by atoms with Gasteiger partial charge < -0.3 is 15.2 Å². The molecule has 25 heavy (non-hydrogen) atoms. The van der Waals surface area contributed by atoms with Crippen LogP contribution in [-0.4, -0.2) is 60.9 Å². The van der Waals surface area contributed by atoms with Crippen molar-refractivity contribution in [1.82, 2.24) is 14.4 Å². The molecule has 10 heteroatoms. The Morgan fingerprint density at radius 3 is 2.60 bits per heavy atom. The topological polar surface area (TPSA) is 110 Å². The lowest BCUT2D eigenvalue weighted by molar-refractivity contribution is -0.137. The molecule has 1 amide bonds. The van der Waals surface area contributed by atoms with Crippen LogP contribution in [-0.2, 0) is 20.6 Å². The monoisotopic (exact) mass is 392 g/mol. The molecule has 2 aliphatic rings. The molecule has 0 radical (unpaired) electrons. The zero-order chi connectivity index (χ0) is 17.2. The number of carbonyl (C=O) groups is 1. The summed E-state index contributed by atoms with van der Waals surface area (Å²) in [6.45, 7) is 1.51. The minimum Gasteiger partial charge on any atom is -0.364 e. The van der Waals surface area contributed by atoms with E-state index in [4.69, 9.17) is 5.73 Å². The third-order valence-corrected chi connectivity index (χ3v) is 6.64. The molecule has 2 N–H and O–H groups in total. The number of aromatic nitrogens is 1. The highest BCUT2D eigenvalue weighted by Crippen LogP contribution is 2.25. The van der Waals surface area contributed by atoms with Crippen molar-refractivity contribution in [2.45, 2.75) is 37.5 Å². The number of halogens is 1. The molecule has 1 aliphatic carbocycles. The molecule has 2 unspecified atom stereocenters. The Morgan fingerprint density at radius 1 is 1.28 bits per heavy atom. The molecule has 8 nitrogen and oxygen atoms in total. The fourth-order valence-corrected chi connectivity index (χ4v) is 4.91. The van der Waals surface area contributed by atoms with Crippen molar-refractivity contribution in [1.29, 1.82) is 0 Å². The Balaban J connectivity index is 0.00000225. The van der Waals surface area contributed by atoms with Gasteiger partial charge in [-0.25, -0.2) is 8.42 Å². The molecule has 2 heterocycles. The molecule has 2 fully saturated rings. The summed E-state index contributed by atoms with van der Waals surface area (Å²) in [5.74, 6) is -0.0553. The number of nitrogens with two attached hydrogens (primary N) is 1. The van der Waals surface area contributed by atoms with Crippen LogP contribution in [0.15, 0.2) is 16.9 Å². The van der Waals surface area contributed by atoms with Crippen LogP contribution in [0.4, 0.5) is 0 Å². The Bertz CT molecular complexity index is 659. The molecule has 1 saturated heterocycles. The van der Waals surface area contributed by atoms with Crippen molar-refractivity contribution in [2.75, 3.05) is 26.2 Å². The van der Waals surface area contributed by atoms with Crippen molar-refractivity contribution in [3.63, 3.8) is 0 Å². The van der Waals surface area contributed by atoms with E-state index >= 15 is 0 Å². The summed E-state index contributed by atoms with van der Waals surface area (Å²) in [5.41, 5.74) is 6.36. The fraction of sp³-hybridized carbons (Fsp3) is 0.733. The van der Waals surface area contributed by atoms with Gasteiger partial charge in [-0.2, -0.15) is 4.31 Å². The maximum absolute atomic E-state index is 12.6. The van der Waals surface area contributed by atoms with E-state index < -0.39 is 10.0 Å². The molecule has 1 aromatic heterocycles. The molecule has 1 aromatic rings.